The minimum absolute atomic E-state index is 0.650. The summed E-state index contributed by atoms with van der Waals surface area (Å²) in [6.45, 7) is 11.4. The highest BCUT2D eigenvalue weighted by Gasteiger charge is 2.21. The van der Waals surface area contributed by atoms with Gasteiger partial charge in [-0.1, -0.05) is 38.0 Å². The minimum Gasteiger partial charge on any atom is -0.305 e. The molecule has 0 atom stereocenters. The van der Waals surface area contributed by atoms with Crippen LogP contribution in [0.4, 0.5) is 0 Å². The van der Waals surface area contributed by atoms with E-state index in [0.717, 1.165) is 60.7 Å². The monoisotopic (exact) mass is 407 g/mol. The van der Waals surface area contributed by atoms with Crippen molar-refractivity contribution in [1.29, 1.82) is 0 Å². The van der Waals surface area contributed by atoms with E-state index < -0.39 is 0 Å². The van der Waals surface area contributed by atoms with E-state index in [0.29, 0.717) is 5.96 Å². The van der Waals surface area contributed by atoms with E-state index in [4.69, 9.17) is 9.98 Å². The minimum atomic E-state index is 0.650. The summed E-state index contributed by atoms with van der Waals surface area (Å²) < 4.78 is 1.97. The highest BCUT2D eigenvalue weighted by atomic mass is 15.4. The molecule has 3 rings (SSSR count). The molecule has 7 heteroatoms. The Balaban J connectivity index is 2.05. The van der Waals surface area contributed by atoms with Gasteiger partial charge in [-0.25, -0.2) is 4.99 Å². The number of hydrogen-bond donors (Lipinski definition) is 2. The molecule has 0 bridgehead atoms. The summed E-state index contributed by atoms with van der Waals surface area (Å²) in [5.74, 6) is 1.49. The Kier molecular flexibility index (Phi) is 7.27. The van der Waals surface area contributed by atoms with Crippen LogP contribution in [-0.2, 0) is 6.54 Å². The van der Waals surface area contributed by atoms with Crippen LogP contribution >= 0.6 is 0 Å². The van der Waals surface area contributed by atoms with Crippen molar-refractivity contribution in [1.82, 2.24) is 25.5 Å². The van der Waals surface area contributed by atoms with E-state index in [2.05, 4.69) is 79.2 Å². The Morgan fingerprint density at radius 1 is 1.23 bits per heavy atom. The van der Waals surface area contributed by atoms with E-state index in [9.17, 15) is 0 Å². The summed E-state index contributed by atoms with van der Waals surface area (Å²) in [5.41, 5.74) is 11.6. The molecule has 2 N–H and O–H groups in total. The first-order valence-corrected chi connectivity index (χ1v) is 10.7. The normalized spacial score (nSPS) is 19.1. The van der Waals surface area contributed by atoms with Crippen LogP contribution in [0.3, 0.4) is 0 Å². The maximum absolute atomic E-state index is 4.92. The predicted octanol–water partition coefficient (Wildman–Crippen LogP) is 4.71. The van der Waals surface area contributed by atoms with Gasteiger partial charge in [0.2, 0.25) is 5.96 Å². The molecule has 0 unspecified atom stereocenters. The van der Waals surface area contributed by atoms with Crippen molar-refractivity contribution in [2.45, 2.75) is 66.8 Å². The van der Waals surface area contributed by atoms with Crippen molar-refractivity contribution in [3.05, 3.63) is 59.4 Å². The molecule has 1 aromatic heterocycles. The average Bonchev–Trinajstić information content (AvgIpc) is 3.18. The molecule has 160 valence electrons. The number of nitrogens with one attached hydrogen (secondary N) is 2. The van der Waals surface area contributed by atoms with E-state index in [1.54, 1.807) is 0 Å². The molecular weight excluding hydrogens is 374 g/mol. The summed E-state index contributed by atoms with van der Waals surface area (Å²) in [6, 6.07) is 0. The molecule has 0 spiro atoms. The van der Waals surface area contributed by atoms with Crippen molar-refractivity contribution in [2.24, 2.45) is 9.98 Å². The van der Waals surface area contributed by atoms with Gasteiger partial charge < -0.3 is 5.43 Å². The van der Waals surface area contributed by atoms with E-state index in [1.165, 1.54) is 5.57 Å². The third kappa shape index (κ3) is 5.49. The van der Waals surface area contributed by atoms with Crippen LogP contribution in [0.5, 0.6) is 0 Å². The quantitative estimate of drug-likeness (QED) is 0.716. The van der Waals surface area contributed by atoms with E-state index >= 15 is 0 Å². The van der Waals surface area contributed by atoms with E-state index in [1.807, 2.05) is 17.8 Å². The number of hydrogen-bond acceptors (Lipinski definition) is 5. The molecule has 0 aromatic carbocycles. The van der Waals surface area contributed by atoms with Crippen LogP contribution < -0.4 is 10.9 Å². The highest BCUT2D eigenvalue weighted by Crippen LogP contribution is 2.27. The fourth-order valence-corrected chi connectivity index (χ4v) is 3.15. The highest BCUT2D eigenvalue weighted by molar-refractivity contribution is 6.01. The summed E-state index contributed by atoms with van der Waals surface area (Å²) in [6.07, 6.45) is 16.4. The Morgan fingerprint density at radius 2 is 2.07 bits per heavy atom. The molecule has 0 saturated carbocycles. The van der Waals surface area contributed by atoms with Gasteiger partial charge in [0.1, 0.15) is 5.84 Å². The van der Waals surface area contributed by atoms with Crippen molar-refractivity contribution in [2.75, 3.05) is 0 Å². The summed E-state index contributed by atoms with van der Waals surface area (Å²) in [7, 11) is 0. The number of unbranched alkanes of at least 4 members (excludes halogenated alkanes) is 1. The second-order valence-electron chi connectivity index (χ2n) is 7.83. The van der Waals surface area contributed by atoms with Crippen molar-refractivity contribution in [3.8, 4) is 0 Å². The second kappa shape index (κ2) is 10.1. The maximum atomic E-state index is 4.92. The average molecular weight is 408 g/mol. The standard InChI is InChI=1S/C23H33N7/c1-6-8-9-20-13-21(19-14-24-29(16-19)12-7-2)25-23(30(20)15-17(3)4)26-22-11-10-18(5)27-28-22/h9-10,13-16,27H,6-8,11-12H2,1-5H3,(H,25,26,28)/b20-9+. The van der Waals surface area contributed by atoms with E-state index in [-0.39, 0.29) is 0 Å². The topological polar surface area (TPSA) is 69.8 Å². The van der Waals surface area contributed by atoms with Gasteiger partial charge in [0.25, 0.3) is 0 Å². The summed E-state index contributed by atoms with van der Waals surface area (Å²) in [4.78, 5) is 11.9. The Labute approximate surface area is 179 Å². The van der Waals surface area contributed by atoms with Crippen molar-refractivity contribution < 1.29 is 0 Å². The van der Waals surface area contributed by atoms with Gasteiger partial charge in [-0.3, -0.25) is 15.0 Å². The predicted molar refractivity (Wildman–Crippen MR) is 124 cm³/mol. The van der Waals surface area contributed by atoms with Gasteiger partial charge in [0.15, 0.2) is 0 Å². The number of allylic oxidation sites excluding steroid dienone is 4. The number of amidine groups is 1. The van der Waals surface area contributed by atoms with Gasteiger partial charge in [-0.15, -0.1) is 0 Å². The van der Waals surface area contributed by atoms with Crippen LogP contribution in [-0.4, -0.2) is 26.5 Å². The number of rotatable bonds is 6. The Hall–Kier alpha value is -3.09. The van der Waals surface area contributed by atoms with Gasteiger partial charge in [-0.2, -0.15) is 10.1 Å². The third-order valence-corrected chi connectivity index (χ3v) is 4.65. The molecule has 0 aliphatic carbocycles. The van der Waals surface area contributed by atoms with Crippen LogP contribution in [0.2, 0.25) is 0 Å². The largest absolute Gasteiger partial charge is 0.305 e. The number of hydrazine groups is 1. The zero-order chi connectivity index (χ0) is 21.5. The van der Waals surface area contributed by atoms with Gasteiger partial charge in [0, 0.05) is 42.3 Å². The first-order valence-electron chi connectivity index (χ1n) is 10.7. The van der Waals surface area contributed by atoms with Crippen LogP contribution in [0.25, 0.3) is 5.70 Å². The summed E-state index contributed by atoms with van der Waals surface area (Å²) in [5, 5.41) is 4.48. The summed E-state index contributed by atoms with van der Waals surface area (Å²) >= 11 is 0. The van der Waals surface area contributed by atoms with Gasteiger partial charge in [0.05, 0.1) is 11.9 Å². The zero-order valence-corrected chi connectivity index (χ0v) is 18.7. The Morgan fingerprint density at radius 3 is 2.73 bits per heavy atom. The lowest BCUT2D eigenvalue weighted by molar-refractivity contribution is 0.602. The molecule has 3 heterocycles. The number of nitrogens with zero attached hydrogens (tertiary/aromatic N) is 5. The second-order valence-corrected chi connectivity index (χ2v) is 7.83. The van der Waals surface area contributed by atoms with Gasteiger partial charge >= 0.3 is 0 Å². The van der Waals surface area contributed by atoms with Crippen molar-refractivity contribution in [3.63, 3.8) is 0 Å². The first-order chi connectivity index (χ1) is 14.5. The lowest BCUT2D eigenvalue weighted by Crippen LogP contribution is -2.40. The molecule has 30 heavy (non-hydrogen) atoms. The molecular formula is C23H33N7. The SMILES string of the molecule is CCC/C=C1\C=C(c2cnn(CCC)c2)N=C(/N=C2\CC=C(C)NN2)N1C=C(C)C. The van der Waals surface area contributed by atoms with Gasteiger partial charge in [-0.05, 0) is 39.7 Å². The lowest BCUT2D eigenvalue weighted by atomic mass is 10.1. The molecule has 1 aromatic rings. The molecule has 2 aliphatic rings. The maximum Gasteiger partial charge on any atom is 0.236 e. The van der Waals surface area contributed by atoms with Crippen LogP contribution in [0, 0.1) is 0 Å². The first kappa shape index (κ1) is 21.6. The fourth-order valence-electron chi connectivity index (χ4n) is 3.15. The number of aliphatic imine (C=N–C) groups is 2. The van der Waals surface area contributed by atoms with Crippen molar-refractivity contribution >= 4 is 17.5 Å². The Bertz CT molecular complexity index is 937. The fraction of sp³-hybridized carbons (Fsp3) is 0.435. The molecule has 0 fully saturated rings. The smallest absolute Gasteiger partial charge is 0.236 e. The molecule has 0 amide bonds. The van der Waals surface area contributed by atoms with Crippen LogP contribution in [0.1, 0.15) is 65.9 Å². The third-order valence-electron chi connectivity index (χ3n) is 4.65. The zero-order valence-electron chi connectivity index (χ0n) is 18.7. The molecule has 0 saturated heterocycles. The number of guanidine groups is 1. The molecule has 2 aliphatic heterocycles. The number of aromatic nitrogens is 2. The molecule has 7 nitrogen and oxygen atoms in total. The number of aryl methyl sites for hydroxylation is 1. The van der Waals surface area contributed by atoms with Crippen LogP contribution in [0.15, 0.2) is 63.8 Å². The lowest BCUT2D eigenvalue weighted by Gasteiger charge is -2.27. The molecule has 0 radical (unpaired) electrons.